The van der Waals surface area contributed by atoms with Crippen molar-refractivity contribution in [3.8, 4) is 5.75 Å². The smallest absolute Gasteiger partial charge is 0.236 e. The minimum Gasteiger partial charge on any atom is -0.496 e. The number of primary amides is 1. The molecule has 3 fully saturated rings. The molecule has 5 atom stereocenters. The Morgan fingerprint density at radius 3 is 2.30 bits per heavy atom. The molecular formula is C33H40N4O3. The quantitative estimate of drug-likeness (QED) is 0.346. The normalized spacial score (nSPS) is 23.6. The summed E-state index contributed by atoms with van der Waals surface area (Å²) in [6, 6.07) is 27.9. The van der Waals surface area contributed by atoms with Crippen LogP contribution in [0, 0.1) is 11.8 Å². The van der Waals surface area contributed by atoms with Crippen LogP contribution in [0.5, 0.6) is 5.75 Å². The van der Waals surface area contributed by atoms with E-state index in [1.165, 1.54) is 16.7 Å². The van der Waals surface area contributed by atoms with Crippen LogP contribution in [-0.4, -0.2) is 55.5 Å². The maximum atomic E-state index is 13.3. The average molecular weight is 541 g/mol. The molecule has 7 heteroatoms. The van der Waals surface area contributed by atoms with Crippen LogP contribution in [0.4, 0.5) is 0 Å². The molecule has 0 saturated carbocycles. The van der Waals surface area contributed by atoms with E-state index >= 15 is 0 Å². The molecule has 3 aliphatic rings. The highest BCUT2D eigenvalue weighted by atomic mass is 16.5. The SMILES string of the molecule is CCc1ccc(OC)c(CN[C@H]2[C@H]3CCN(C[C@@H]3C(=O)NCC(N)=O)[C@@H]2C(c2ccccc2)c2ccccc2)c1. The standard InChI is InChI=1S/C33H40N4O3/c1-3-22-14-15-28(40-2)25(18-22)19-35-31-26-16-17-37(21-27(26)33(39)36-20-29(34)38)32(31)30(23-10-6-4-7-11-23)24-12-8-5-9-13-24/h4-15,18,26-27,30-32,35H,3,16-17,19-21H2,1-2H3,(H2,34,38)(H,36,39)/t26-,27-,31-,32+/m0/s1. The van der Waals surface area contributed by atoms with Crippen LogP contribution < -0.4 is 21.1 Å². The van der Waals surface area contributed by atoms with Crippen LogP contribution in [0.1, 0.15) is 41.5 Å². The topological polar surface area (TPSA) is 96.7 Å². The maximum absolute atomic E-state index is 13.3. The molecule has 3 heterocycles. The summed E-state index contributed by atoms with van der Waals surface area (Å²) in [5, 5.41) is 6.71. The first-order valence-electron chi connectivity index (χ1n) is 14.3. The number of carbonyl (C=O) groups is 2. The fourth-order valence-corrected chi connectivity index (χ4v) is 6.77. The lowest BCUT2D eigenvalue weighted by Gasteiger charge is -2.56. The molecule has 7 nitrogen and oxygen atoms in total. The molecule has 0 spiro atoms. The summed E-state index contributed by atoms with van der Waals surface area (Å²) in [4.78, 5) is 27.2. The Kier molecular flexibility index (Phi) is 8.82. The van der Waals surface area contributed by atoms with Gasteiger partial charge in [0.05, 0.1) is 19.6 Å². The van der Waals surface area contributed by atoms with E-state index in [-0.39, 0.29) is 42.3 Å². The van der Waals surface area contributed by atoms with Crippen LogP contribution in [0.25, 0.3) is 0 Å². The van der Waals surface area contributed by atoms with E-state index in [1.54, 1.807) is 7.11 Å². The Bertz CT molecular complexity index is 1260. The van der Waals surface area contributed by atoms with Crippen molar-refractivity contribution < 1.29 is 14.3 Å². The third-order valence-corrected chi connectivity index (χ3v) is 8.66. The Balaban J connectivity index is 1.52. The van der Waals surface area contributed by atoms with E-state index in [4.69, 9.17) is 10.5 Å². The van der Waals surface area contributed by atoms with Crippen LogP contribution >= 0.6 is 0 Å². The Morgan fingerprint density at radius 2 is 1.70 bits per heavy atom. The first-order chi connectivity index (χ1) is 19.5. The van der Waals surface area contributed by atoms with Crippen molar-refractivity contribution >= 4 is 11.8 Å². The second-order valence-electron chi connectivity index (χ2n) is 10.9. The van der Waals surface area contributed by atoms with E-state index in [2.05, 4.69) is 95.3 Å². The highest BCUT2D eigenvalue weighted by molar-refractivity contribution is 5.85. The summed E-state index contributed by atoms with van der Waals surface area (Å²) in [6.07, 6.45) is 1.86. The molecule has 0 aliphatic carbocycles. The summed E-state index contributed by atoms with van der Waals surface area (Å²) in [7, 11) is 1.71. The van der Waals surface area contributed by atoms with E-state index < -0.39 is 5.91 Å². The summed E-state index contributed by atoms with van der Waals surface area (Å²) in [5.74, 6) is 0.247. The number of nitrogens with one attached hydrogen (secondary N) is 2. The number of piperidine rings is 3. The molecule has 40 heavy (non-hydrogen) atoms. The van der Waals surface area contributed by atoms with Gasteiger partial charge < -0.3 is 21.1 Å². The van der Waals surface area contributed by atoms with E-state index in [1.807, 2.05) is 6.07 Å². The zero-order chi connectivity index (χ0) is 28.1. The van der Waals surface area contributed by atoms with Crippen molar-refractivity contribution in [1.82, 2.24) is 15.5 Å². The first-order valence-corrected chi connectivity index (χ1v) is 14.3. The number of nitrogens with two attached hydrogens (primary N) is 1. The van der Waals surface area contributed by atoms with E-state index in [0.717, 1.165) is 30.7 Å². The first kappa shape index (κ1) is 27.9. The van der Waals surface area contributed by atoms with Crippen molar-refractivity contribution in [2.24, 2.45) is 17.6 Å². The molecule has 3 aromatic rings. The third kappa shape index (κ3) is 5.91. The summed E-state index contributed by atoms with van der Waals surface area (Å²) >= 11 is 0. The fraction of sp³-hybridized carbons (Fsp3) is 0.394. The number of methoxy groups -OCH3 is 1. The maximum Gasteiger partial charge on any atom is 0.236 e. The number of amides is 2. The van der Waals surface area contributed by atoms with Crippen LogP contribution in [0.3, 0.4) is 0 Å². The van der Waals surface area contributed by atoms with Gasteiger partial charge in [-0.15, -0.1) is 0 Å². The number of fused-ring (bicyclic) bond motifs is 3. The van der Waals surface area contributed by atoms with Gasteiger partial charge in [-0.1, -0.05) is 79.7 Å². The van der Waals surface area contributed by atoms with E-state index in [9.17, 15) is 9.59 Å². The fourth-order valence-electron chi connectivity index (χ4n) is 6.77. The largest absolute Gasteiger partial charge is 0.496 e. The van der Waals surface area contributed by atoms with Gasteiger partial charge in [0.25, 0.3) is 0 Å². The Labute approximate surface area is 237 Å². The van der Waals surface area contributed by atoms with Gasteiger partial charge in [0.15, 0.2) is 0 Å². The van der Waals surface area contributed by atoms with Crippen LogP contribution in [-0.2, 0) is 22.6 Å². The van der Waals surface area contributed by atoms with Gasteiger partial charge in [-0.25, -0.2) is 0 Å². The van der Waals surface area contributed by atoms with Crippen molar-refractivity contribution in [3.63, 3.8) is 0 Å². The Hall–Kier alpha value is -3.68. The predicted molar refractivity (Wildman–Crippen MR) is 157 cm³/mol. The Morgan fingerprint density at radius 1 is 1.02 bits per heavy atom. The van der Waals surface area contributed by atoms with Gasteiger partial charge in [-0.05, 0) is 48.1 Å². The number of ether oxygens (including phenoxy) is 1. The molecule has 3 saturated heterocycles. The molecule has 2 amide bonds. The molecule has 1 unspecified atom stereocenters. The van der Waals surface area contributed by atoms with Gasteiger partial charge in [0, 0.05) is 36.7 Å². The van der Waals surface area contributed by atoms with Crippen LogP contribution in [0.15, 0.2) is 78.9 Å². The lowest BCUT2D eigenvalue weighted by molar-refractivity contribution is -0.136. The van der Waals surface area contributed by atoms with E-state index in [0.29, 0.717) is 13.1 Å². The van der Waals surface area contributed by atoms with Gasteiger partial charge in [0.2, 0.25) is 11.8 Å². The molecule has 3 aliphatic heterocycles. The van der Waals surface area contributed by atoms with Gasteiger partial charge in [0.1, 0.15) is 5.75 Å². The average Bonchev–Trinajstić information content (AvgIpc) is 3.00. The monoisotopic (exact) mass is 540 g/mol. The molecule has 0 radical (unpaired) electrons. The number of nitrogens with zero attached hydrogens (tertiary/aromatic N) is 1. The highest BCUT2D eigenvalue weighted by Gasteiger charge is 2.52. The second-order valence-corrected chi connectivity index (χ2v) is 10.9. The number of carbonyl (C=O) groups excluding carboxylic acids is 2. The summed E-state index contributed by atoms with van der Waals surface area (Å²) in [6.45, 7) is 4.23. The summed E-state index contributed by atoms with van der Waals surface area (Å²) in [5.41, 5.74) is 10.2. The predicted octanol–water partition coefficient (Wildman–Crippen LogP) is 3.47. The van der Waals surface area contributed by atoms with Crippen molar-refractivity contribution in [2.75, 3.05) is 26.7 Å². The number of aryl methyl sites for hydroxylation is 1. The van der Waals surface area contributed by atoms with Gasteiger partial charge in [-0.3, -0.25) is 14.5 Å². The lowest BCUT2D eigenvalue weighted by atomic mass is 9.66. The van der Waals surface area contributed by atoms with Crippen molar-refractivity contribution in [1.29, 1.82) is 0 Å². The number of rotatable bonds is 11. The number of benzene rings is 3. The third-order valence-electron chi connectivity index (χ3n) is 8.66. The zero-order valence-electron chi connectivity index (χ0n) is 23.4. The lowest BCUT2D eigenvalue weighted by Crippen LogP contribution is -2.69. The number of hydrogen-bond donors (Lipinski definition) is 3. The molecule has 3 aromatic carbocycles. The minimum absolute atomic E-state index is 0.0345. The molecule has 2 bridgehead atoms. The van der Waals surface area contributed by atoms with Crippen LogP contribution in [0.2, 0.25) is 0 Å². The minimum atomic E-state index is -0.529. The molecular weight excluding hydrogens is 500 g/mol. The van der Waals surface area contributed by atoms with Crippen molar-refractivity contribution in [3.05, 3.63) is 101 Å². The zero-order valence-corrected chi connectivity index (χ0v) is 23.4. The molecule has 6 rings (SSSR count). The molecule has 210 valence electrons. The molecule has 0 aromatic heterocycles. The second kappa shape index (κ2) is 12.7. The van der Waals surface area contributed by atoms with Gasteiger partial charge in [-0.2, -0.15) is 0 Å². The highest BCUT2D eigenvalue weighted by Crippen LogP contribution is 2.44. The van der Waals surface area contributed by atoms with Gasteiger partial charge >= 0.3 is 0 Å². The number of hydrogen-bond acceptors (Lipinski definition) is 5. The molecule has 4 N–H and O–H groups in total. The summed E-state index contributed by atoms with van der Waals surface area (Å²) < 4.78 is 5.72. The van der Waals surface area contributed by atoms with Crippen molar-refractivity contribution in [2.45, 2.75) is 44.3 Å².